The average molecular weight is 491 g/mol. The topological polar surface area (TPSA) is 152 Å². The zero-order valence-corrected chi connectivity index (χ0v) is 21.2. The lowest BCUT2D eigenvalue weighted by Gasteiger charge is -2.27. The van der Waals surface area contributed by atoms with Gasteiger partial charge >= 0.3 is 24.1 Å². The molecule has 0 aliphatic carbocycles. The molecule has 12 nitrogen and oxygen atoms in total. The summed E-state index contributed by atoms with van der Waals surface area (Å²) < 4.78 is 19.5. The monoisotopic (exact) mass is 490 g/mol. The fourth-order valence-corrected chi connectivity index (χ4v) is 3.39. The predicted octanol–water partition coefficient (Wildman–Crippen LogP) is 1.06. The molecule has 34 heavy (non-hydrogen) atoms. The van der Waals surface area contributed by atoms with E-state index in [1.54, 1.807) is 41.5 Å². The highest BCUT2D eigenvalue weighted by atomic mass is 16.6. The van der Waals surface area contributed by atoms with E-state index >= 15 is 0 Å². The molecule has 2 fully saturated rings. The van der Waals surface area contributed by atoms with E-state index in [0.717, 1.165) is 0 Å². The van der Waals surface area contributed by atoms with Gasteiger partial charge < -0.3 is 29.2 Å². The van der Waals surface area contributed by atoms with Crippen molar-refractivity contribution in [3.63, 3.8) is 0 Å². The van der Waals surface area contributed by atoms with Gasteiger partial charge in [-0.25, -0.2) is 19.2 Å². The van der Waals surface area contributed by atoms with Crippen molar-refractivity contribution in [2.45, 2.75) is 89.9 Å². The number of methoxy groups -OCH3 is 2. The zero-order chi connectivity index (χ0) is 26.4. The van der Waals surface area contributed by atoms with E-state index in [2.05, 4.69) is 9.47 Å². The highest BCUT2D eigenvalue weighted by Crippen LogP contribution is 2.23. The SMILES string of the molecule is COC(=O)[C@@H]1C[C@@H](O)CN1C(=O)OC(C)(C)C.COC(=O)[C@H]1C[C@H](O)CN1C(=O)OC(C)(C)C. The van der Waals surface area contributed by atoms with Gasteiger partial charge in [0.15, 0.2) is 0 Å². The molecule has 0 saturated carbocycles. The summed E-state index contributed by atoms with van der Waals surface area (Å²) in [5.74, 6) is -1.07. The molecule has 0 aromatic rings. The largest absolute Gasteiger partial charge is 0.467 e. The number of carbonyl (C=O) groups is 4. The van der Waals surface area contributed by atoms with Gasteiger partial charge in [0.2, 0.25) is 0 Å². The standard InChI is InChI=1S/2C11H19NO5/c2*1-11(2,3)17-10(15)12-6-7(13)5-8(12)9(14)16-4/h2*7-8,13H,5-6H2,1-4H3/t2*7-,8+/m10/s1. The third-order valence-electron chi connectivity index (χ3n) is 4.76. The number of likely N-dealkylation sites (tertiary alicyclic amines) is 2. The summed E-state index contributed by atoms with van der Waals surface area (Å²) in [6, 6.07) is -1.52. The number of aliphatic hydroxyl groups excluding tert-OH is 2. The lowest BCUT2D eigenvalue weighted by molar-refractivity contribution is -0.146. The first-order chi connectivity index (χ1) is 15.5. The van der Waals surface area contributed by atoms with Crippen LogP contribution in [0.15, 0.2) is 0 Å². The third-order valence-corrected chi connectivity index (χ3v) is 4.76. The van der Waals surface area contributed by atoms with E-state index in [0.29, 0.717) is 0 Å². The Morgan fingerprint density at radius 3 is 1.21 bits per heavy atom. The summed E-state index contributed by atoms with van der Waals surface area (Å²) in [5, 5.41) is 19.0. The van der Waals surface area contributed by atoms with Crippen molar-refractivity contribution in [2.24, 2.45) is 0 Å². The van der Waals surface area contributed by atoms with Crippen molar-refractivity contribution >= 4 is 24.1 Å². The maximum atomic E-state index is 11.8. The first-order valence-corrected chi connectivity index (χ1v) is 11.0. The molecule has 196 valence electrons. The number of rotatable bonds is 2. The second-order valence-electron chi connectivity index (χ2n) is 10.1. The average Bonchev–Trinajstić information content (AvgIpc) is 3.27. The smallest absolute Gasteiger partial charge is 0.411 e. The maximum Gasteiger partial charge on any atom is 0.411 e. The molecule has 2 aliphatic rings. The first-order valence-electron chi connectivity index (χ1n) is 11.0. The molecule has 2 N–H and O–H groups in total. The van der Waals surface area contributed by atoms with E-state index in [4.69, 9.17) is 9.47 Å². The van der Waals surface area contributed by atoms with Crippen LogP contribution < -0.4 is 0 Å². The molecule has 0 spiro atoms. The highest BCUT2D eigenvalue weighted by Gasteiger charge is 2.42. The second-order valence-corrected chi connectivity index (χ2v) is 10.1. The van der Waals surface area contributed by atoms with Crippen LogP contribution in [0.25, 0.3) is 0 Å². The van der Waals surface area contributed by atoms with Gasteiger partial charge in [0, 0.05) is 12.8 Å². The molecule has 4 atom stereocenters. The van der Waals surface area contributed by atoms with Crippen LogP contribution in [0.1, 0.15) is 54.4 Å². The molecule has 2 saturated heterocycles. The number of carbonyl (C=O) groups excluding carboxylic acids is 4. The van der Waals surface area contributed by atoms with E-state index in [1.807, 2.05) is 0 Å². The second kappa shape index (κ2) is 11.7. The lowest BCUT2D eigenvalue weighted by Crippen LogP contribution is -2.43. The molecule has 12 heteroatoms. The maximum absolute atomic E-state index is 11.8. The summed E-state index contributed by atoms with van der Waals surface area (Å²) in [4.78, 5) is 49.0. The molecular weight excluding hydrogens is 452 g/mol. The Kier molecular flexibility index (Phi) is 10.1. The van der Waals surface area contributed by atoms with Gasteiger partial charge in [-0.3, -0.25) is 9.80 Å². The number of esters is 2. The summed E-state index contributed by atoms with van der Waals surface area (Å²) in [6.45, 7) is 10.6. The number of ether oxygens (including phenoxy) is 4. The van der Waals surface area contributed by atoms with Crippen LogP contribution in [0, 0.1) is 0 Å². The molecule has 2 rings (SSSR count). The molecule has 2 heterocycles. The minimum absolute atomic E-state index is 0.0919. The minimum Gasteiger partial charge on any atom is -0.467 e. The van der Waals surface area contributed by atoms with Gasteiger partial charge in [0.25, 0.3) is 0 Å². The molecule has 0 bridgehead atoms. The zero-order valence-electron chi connectivity index (χ0n) is 21.2. The molecule has 0 aromatic heterocycles. The summed E-state index contributed by atoms with van der Waals surface area (Å²) in [6.07, 6.45) is -2.27. The Bertz CT molecular complexity index is 681. The number of β-amino-alcohol motifs (C(OH)–C–C–N with tert-alkyl or cyclic N) is 2. The van der Waals surface area contributed by atoms with Crippen molar-refractivity contribution in [3.05, 3.63) is 0 Å². The summed E-state index contributed by atoms with van der Waals surface area (Å²) >= 11 is 0. The van der Waals surface area contributed by atoms with Crippen molar-refractivity contribution in [1.29, 1.82) is 0 Å². The van der Waals surface area contributed by atoms with Crippen molar-refractivity contribution < 1.29 is 48.3 Å². The Balaban J connectivity index is 0.000000340. The van der Waals surface area contributed by atoms with E-state index in [9.17, 15) is 29.4 Å². The Hall–Kier alpha value is -2.60. The number of amides is 2. The van der Waals surface area contributed by atoms with E-state index in [1.165, 1.54) is 24.0 Å². The Morgan fingerprint density at radius 2 is 0.971 bits per heavy atom. The quantitative estimate of drug-likeness (QED) is 0.424. The minimum atomic E-state index is -0.759. The van der Waals surface area contributed by atoms with Crippen LogP contribution in [0.5, 0.6) is 0 Å². The molecule has 0 radical (unpaired) electrons. The number of hydrogen-bond donors (Lipinski definition) is 2. The Labute approximate surface area is 200 Å². The normalized spacial score (nSPS) is 24.6. The van der Waals surface area contributed by atoms with Crippen LogP contribution >= 0.6 is 0 Å². The van der Waals surface area contributed by atoms with E-state index in [-0.39, 0.29) is 25.9 Å². The fraction of sp³-hybridized carbons (Fsp3) is 0.818. The van der Waals surface area contributed by atoms with Crippen molar-refractivity contribution in [1.82, 2.24) is 9.80 Å². The highest BCUT2D eigenvalue weighted by molar-refractivity contribution is 5.83. The van der Waals surface area contributed by atoms with Crippen molar-refractivity contribution in [3.8, 4) is 0 Å². The van der Waals surface area contributed by atoms with Crippen LogP contribution in [0.2, 0.25) is 0 Å². The van der Waals surface area contributed by atoms with E-state index < -0.39 is 59.6 Å². The summed E-state index contributed by atoms with van der Waals surface area (Å²) in [7, 11) is 2.50. The number of hydrogen-bond acceptors (Lipinski definition) is 10. The third kappa shape index (κ3) is 8.98. The number of nitrogens with zero attached hydrogens (tertiary/aromatic N) is 2. The van der Waals surface area contributed by atoms with Gasteiger partial charge in [-0.15, -0.1) is 0 Å². The molecule has 0 unspecified atom stereocenters. The summed E-state index contributed by atoms with van der Waals surface area (Å²) in [5.41, 5.74) is -1.27. The van der Waals surface area contributed by atoms with Gasteiger partial charge in [0.05, 0.1) is 39.5 Å². The van der Waals surface area contributed by atoms with Crippen LogP contribution in [-0.4, -0.2) is 107 Å². The van der Waals surface area contributed by atoms with Gasteiger partial charge in [-0.1, -0.05) is 0 Å². The predicted molar refractivity (Wildman–Crippen MR) is 119 cm³/mol. The fourth-order valence-electron chi connectivity index (χ4n) is 3.39. The first kappa shape index (κ1) is 29.4. The molecular formula is C22H38N2O10. The van der Waals surface area contributed by atoms with Crippen LogP contribution in [0.4, 0.5) is 9.59 Å². The number of aliphatic hydroxyl groups is 2. The van der Waals surface area contributed by atoms with Crippen LogP contribution in [-0.2, 0) is 28.5 Å². The molecule has 2 amide bonds. The van der Waals surface area contributed by atoms with Crippen molar-refractivity contribution in [2.75, 3.05) is 27.3 Å². The molecule has 0 aromatic carbocycles. The van der Waals surface area contributed by atoms with Gasteiger partial charge in [0.1, 0.15) is 23.3 Å². The Morgan fingerprint density at radius 1 is 0.676 bits per heavy atom. The van der Waals surface area contributed by atoms with Crippen LogP contribution in [0.3, 0.4) is 0 Å². The lowest BCUT2D eigenvalue weighted by atomic mass is 10.2. The van der Waals surface area contributed by atoms with Gasteiger partial charge in [-0.05, 0) is 41.5 Å². The van der Waals surface area contributed by atoms with Gasteiger partial charge in [-0.2, -0.15) is 0 Å². The molecule has 2 aliphatic heterocycles.